The Hall–Kier alpha value is -1.38. The Balaban J connectivity index is 2.29. The molecule has 1 aliphatic rings. The van der Waals surface area contributed by atoms with Gasteiger partial charge >= 0.3 is 6.18 Å². The van der Waals surface area contributed by atoms with Crippen molar-refractivity contribution in [3.05, 3.63) is 29.3 Å². The van der Waals surface area contributed by atoms with Crippen molar-refractivity contribution in [3.8, 4) is 0 Å². The minimum atomic E-state index is -4.90. The van der Waals surface area contributed by atoms with Crippen LogP contribution in [-0.2, 0) is 0 Å². The van der Waals surface area contributed by atoms with Gasteiger partial charge in [0.1, 0.15) is 0 Å². The van der Waals surface area contributed by atoms with Gasteiger partial charge in [-0.15, -0.1) is 0 Å². The summed E-state index contributed by atoms with van der Waals surface area (Å²) in [7, 11) is 0. The van der Waals surface area contributed by atoms with Crippen molar-refractivity contribution in [1.82, 2.24) is 5.01 Å². The van der Waals surface area contributed by atoms with Crippen LogP contribution in [0.15, 0.2) is 29.4 Å². The molecule has 1 unspecified atom stereocenters. The zero-order valence-electron chi connectivity index (χ0n) is 11.5. The molecular weight excluding hydrogens is 339 g/mol. The molecule has 1 aromatic rings. The van der Waals surface area contributed by atoms with E-state index in [1.807, 2.05) is 0 Å². The molecule has 1 aliphatic heterocycles. The fourth-order valence-electron chi connectivity index (χ4n) is 1.98. The molecule has 0 fully saturated rings. The molecule has 0 amide bonds. The molecule has 1 aromatic carbocycles. The molecule has 0 spiro atoms. The van der Waals surface area contributed by atoms with Gasteiger partial charge in [0.2, 0.25) is 0 Å². The van der Waals surface area contributed by atoms with Gasteiger partial charge in [-0.3, -0.25) is 0 Å². The molecule has 0 bridgehead atoms. The summed E-state index contributed by atoms with van der Waals surface area (Å²) >= 11 is 10.9. The van der Waals surface area contributed by atoms with E-state index in [9.17, 15) is 18.3 Å². The summed E-state index contributed by atoms with van der Waals surface area (Å²) in [4.78, 5) is 0. The number of thiocarbonyl (C=S) groups is 1. The quantitative estimate of drug-likeness (QED) is 0.796. The standard InChI is InChI=1S/C13H13ClF3N3OS/c1-2-8-7-12(21,13(15,16)17)20(19-8)11(22)18-10-6-4-3-5-9(10)14/h3-6,21H,2,7H2,1H3,(H,18,22). The van der Waals surface area contributed by atoms with Crippen LogP contribution >= 0.6 is 23.8 Å². The van der Waals surface area contributed by atoms with E-state index in [-0.39, 0.29) is 17.2 Å². The first-order valence-electron chi connectivity index (χ1n) is 6.40. The lowest BCUT2D eigenvalue weighted by Gasteiger charge is -2.34. The average Bonchev–Trinajstić information content (AvgIpc) is 2.80. The smallest absolute Gasteiger partial charge is 0.362 e. The first kappa shape index (κ1) is 17.0. The summed E-state index contributed by atoms with van der Waals surface area (Å²) in [5.74, 6) is 0. The van der Waals surface area contributed by atoms with Crippen molar-refractivity contribution in [2.24, 2.45) is 5.10 Å². The van der Waals surface area contributed by atoms with Crippen LogP contribution in [-0.4, -0.2) is 32.8 Å². The number of para-hydroxylation sites is 1. The molecule has 0 saturated heterocycles. The number of aliphatic hydroxyl groups is 1. The Morgan fingerprint density at radius 3 is 2.68 bits per heavy atom. The van der Waals surface area contributed by atoms with Gasteiger partial charge in [-0.2, -0.15) is 23.3 Å². The third kappa shape index (κ3) is 3.04. The van der Waals surface area contributed by atoms with Crippen LogP contribution < -0.4 is 5.32 Å². The highest BCUT2D eigenvalue weighted by Crippen LogP contribution is 2.41. The van der Waals surface area contributed by atoms with Gasteiger partial charge in [0, 0.05) is 12.1 Å². The number of anilines is 1. The van der Waals surface area contributed by atoms with Gasteiger partial charge in [-0.05, 0) is 30.8 Å². The monoisotopic (exact) mass is 351 g/mol. The van der Waals surface area contributed by atoms with Crippen LogP contribution in [0.3, 0.4) is 0 Å². The predicted molar refractivity (Wildman–Crippen MR) is 82.9 cm³/mol. The molecule has 9 heteroatoms. The second kappa shape index (κ2) is 6.02. The molecule has 120 valence electrons. The van der Waals surface area contributed by atoms with Crippen LogP contribution in [0.25, 0.3) is 0 Å². The Morgan fingerprint density at radius 2 is 2.14 bits per heavy atom. The molecular formula is C13H13ClF3N3OS. The number of alkyl halides is 3. The molecule has 0 saturated carbocycles. The fraction of sp³-hybridized carbons (Fsp3) is 0.385. The van der Waals surface area contributed by atoms with E-state index in [0.717, 1.165) is 0 Å². The maximum atomic E-state index is 13.2. The maximum Gasteiger partial charge on any atom is 0.438 e. The molecule has 22 heavy (non-hydrogen) atoms. The minimum Gasteiger partial charge on any atom is -0.362 e. The van der Waals surface area contributed by atoms with Crippen molar-refractivity contribution in [1.29, 1.82) is 0 Å². The van der Waals surface area contributed by atoms with E-state index >= 15 is 0 Å². The van der Waals surface area contributed by atoms with Crippen LogP contribution in [0, 0.1) is 0 Å². The summed E-state index contributed by atoms with van der Waals surface area (Å²) in [6.45, 7) is 1.66. The van der Waals surface area contributed by atoms with Gasteiger partial charge in [-0.25, -0.2) is 0 Å². The average molecular weight is 352 g/mol. The van der Waals surface area contributed by atoms with E-state index in [2.05, 4.69) is 10.4 Å². The highest BCUT2D eigenvalue weighted by molar-refractivity contribution is 7.80. The van der Waals surface area contributed by atoms with E-state index < -0.39 is 18.3 Å². The van der Waals surface area contributed by atoms with E-state index in [1.165, 1.54) is 0 Å². The van der Waals surface area contributed by atoms with Crippen LogP contribution in [0.5, 0.6) is 0 Å². The largest absolute Gasteiger partial charge is 0.438 e. The molecule has 2 N–H and O–H groups in total. The molecule has 2 rings (SSSR count). The molecule has 0 radical (unpaired) electrons. The Kier molecular flexibility index (Phi) is 4.65. The lowest BCUT2D eigenvalue weighted by molar-refractivity contribution is -0.294. The number of benzene rings is 1. The summed E-state index contributed by atoms with van der Waals surface area (Å²) in [5.41, 5.74) is -2.61. The van der Waals surface area contributed by atoms with Crippen molar-refractivity contribution < 1.29 is 18.3 Å². The third-order valence-corrected chi connectivity index (χ3v) is 3.82. The molecule has 1 atom stereocenters. The van der Waals surface area contributed by atoms with Gasteiger partial charge < -0.3 is 10.4 Å². The van der Waals surface area contributed by atoms with Gasteiger partial charge in [-0.1, -0.05) is 30.7 Å². The van der Waals surface area contributed by atoms with Gasteiger partial charge in [0.25, 0.3) is 5.72 Å². The minimum absolute atomic E-state index is 0.211. The summed E-state index contributed by atoms with van der Waals surface area (Å²) in [6.07, 6.45) is -5.26. The Bertz CT molecular complexity index is 623. The maximum absolute atomic E-state index is 13.2. The molecule has 4 nitrogen and oxygen atoms in total. The number of nitrogens with one attached hydrogen (secondary N) is 1. The normalized spacial score (nSPS) is 21.7. The number of halogens is 4. The molecule has 0 aromatic heterocycles. The van der Waals surface area contributed by atoms with E-state index in [4.69, 9.17) is 23.8 Å². The summed E-state index contributed by atoms with van der Waals surface area (Å²) in [6, 6.07) is 6.44. The number of nitrogens with zero attached hydrogens (tertiary/aromatic N) is 2. The van der Waals surface area contributed by atoms with Crippen molar-refractivity contribution in [2.75, 3.05) is 5.32 Å². The fourth-order valence-corrected chi connectivity index (χ4v) is 2.46. The van der Waals surface area contributed by atoms with Crippen molar-refractivity contribution >= 4 is 40.3 Å². The van der Waals surface area contributed by atoms with Gasteiger partial charge in [0.05, 0.1) is 10.7 Å². The van der Waals surface area contributed by atoms with Crippen molar-refractivity contribution in [3.63, 3.8) is 0 Å². The second-order valence-electron chi connectivity index (χ2n) is 4.73. The number of hydrogen-bond donors (Lipinski definition) is 2. The van der Waals surface area contributed by atoms with Crippen LogP contribution in [0.4, 0.5) is 18.9 Å². The summed E-state index contributed by atoms with van der Waals surface area (Å²) in [5, 5.41) is 16.7. The van der Waals surface area contributed by atoms with E-state index in [0.29, 0.717) is 15.7 Å². The second-order valence-corrected chi connectivity index (χ2v) is 5.53. The summed E-state index contributed by atoms with van der Waals surface area (Å²) < 4.78 is 39.6. The highest BCUT2D eigenvalue weighted by Gasteiger charge is 2.62. The Labute approximate surface area is 135 Å². The predicted octanol–water partition coefficient (Wildman–Crippen LogP) is 3.76. The number of hydrazone groups is 1. The number of hydrogen-bond acceptors (Lipinski definition) is 3. The van der Waals surface area contributed by atoms with E-state index in [1.54, 1.807) is 31.2 Å². The first-order valence-corrected chi connectivity index (χ1v) is 7.19. The molecule has 0 aliphatic carbocycles. The topological polar surface area (TPSA) is 47.9 Å². The SMILES string of the molecule is CCC1=NN(C(=S)Nc2ccccc2Cl)C(O)(C(F)(F)F)C1. The lowest BCUT2D eigenvalue weighted by atomic mass is 10.1. The van der Waals surface area contributed by atoms with Crippen LogP contribution in [0.2, 0.25) is 5.02 Å². The van der Waals surface area contributed by atoms with Crippen molar-refractivity contribution in [2.45, 2.75) is 31.7 Å². The number of rotatable bonds is 2. The molecule has 1 heterocycles. The Morgan fingerprint density at radius 1 is 1.50 bits per heavy atom. The zero-order valence-corrected chi connectivity index (χ0v) is 13.1. The zero-order chi connectivity index (χ0) is 16.5. The lowest BCUT2D eigenvalue weighted by Crippen LogP contribution is -2.57. The first-order chi connectivity index (χ1) is 10.2. The highest BCUT2D eigenvalue weighted by atomic mass is 35.5. The third-order valence-electron chi connectivity index (χ3n) is 3.21. The van der Waals surface area contributed by atoms with Crippen LogP contribution in [0.1, 0.15) is 19.8 Å². The van der Waals surface area contributed by atoms with Gasteiger partial charge in [0.15, 0.2) is 5.11 Å².